The molecule has 68 valence electrons. The first-order valence-corrected chi connectivity index (χ1v) is 5.25. The van der Waals surface area contributed by atoms with Crippen LogP contribution in [-0.4, -0.2) is 5.24 Å². The first kappa shape index (κ1) is 10.5. The highest BCUT2D eigenvalue weighted by Gasteiger charge is 1.95. The zero-order valence-electron chi connectivity index (χ0n) is 6.84. The van der Waals surface area contributed by atoms with Crippen LogP contribution in [0.3, 0.4) is 0 Å². The first-order valence-electron chi connectivity index (χ1n) is 3.75. The number of halogens is 2. The molecule has 0 unspecified atom stereocenters. The van der Waals surface area contributed by atoms with Crippen molar-refractivity contribution in [2.24, 2.45) is 0 Å². The van der Waals surface area contributed by atoms with Crippen molar-refractivity contribution in [1.29, 1.82) is 0 Å². The SMILES string of the molecule is O=C(Cl)/C=C/c1ccccc1CBr. The summed E-state index contributed by atoms with van der Waals surface area (Å²) in [7, 11) is 0. The largest absolute Gasteiger partial charge is 0.276 e. The average Bonchev–Trinajstić information content (AvgIpc) is 2.15. The number of benzene rings is 1. The Hall–Kier alpha value is -0.600. The summed E-state index contributed by atoms with van der Waals surface area (Å²) in [6.45, 7) is 0. The van der Waals surface area contributed by atoms with E-state index >= 15 is 0 Å². The zero-order valence-corrected chi connectivity index (χ0v) is 9.18. The number of allylic oxidation sites excluding steroid dienone is 1. The van der Waals surface area contributed by atoms with Crippen LogP contribution in [0.15, 0.2) is 30.3 Å². The van der Waals surface area contributed by atoms with Gasteiger partial charge >= 0.3 is 0 Å². The lowest BCUT2D eigenvalue weighted by molar-refractivity contribution is -0.107. The van der Waals surface area contributed by atoms with Crippen molar-refractivity contribution < 1.29 is 4.79 Å². The van der Waals surface area contributed by atoms with Gasteiger partial charge < -0.3 is 0 Å². The second-order valence-electron chi connectivity index (χ2n) is 2.47. The monoisotopic (exact) mass is 258 g/mol. The van der Waals surface area contributed by atoms with Crippen molar-refractivity contribution in [1.82, 2.24) is 0 Å². The minimum Gasteiger partial charge on any atom is -0.276 e. The third-order valence-electron chi connectivity index (χ3n) is 1.59. The van der Waals surface area contributed by atoms with Gasteiger partial charge in [-0.25, -0.2) is 0 Å². The Morgan fingerprint density at radius 1 is 1.46 bits per heavy atom. The van der Waals surface area contributed by atoms with Crippen LogP contribution in [0.4, 0.5) is 0 Å². The van der Waals surface area contributed by atoms with Gasteiger partial charge in [-0.05, 0) is 34.9 Å². The maximum absolute atomic E-state index is 10.5. The maximum Gasteiger partial charge on any atom is 0.245 e. The van der Waals surface area contributed by atoms with E-state index in [0.717, 1.165) is 16.5 Å². The normalized spacial score (nSPS) is 10.6. The molecule has 1 nitrogen and oxygen atoms in total. The molecule has 0 aliphatic rings. The molecule has 0 aliphatic carbocycles. The van der Waals surface area contributed by atoms with E-state index in [1.54, 1.807) is 6.08 Å². The van der Waals surface area contributed by atoms with Gasteiger partial charge in [0.05, 0.1) is 0 Å². The highest BCUT2D eigenvalue weighted by atomic mass is 79.9. The molecule has 0 bridgehead atoms. The molecule has 0 atom stereocenters. The predicted octanol–water partition coefficient (Wildman–Crippen LogP) is 3.36. The highest BCUT2D eigenvalue weighted by Crippen LogP contribution is 2.13. The second-order valence-corrected chi connectivity index (χ2v) is 3.40. The molecule has 0 amide bonds. The van der Waals surface area contributed by atoms with Gasteiger partial charge in [-0.2, -0.15) is 0 Å². The van der Waals surface area contributed by atoms with E-state index in [9.17, 15) is 4.79 Å². The summed E-state index contributed by atoms with van der Waals surface area (Å²) < 4.78 is 0. The van der Waals surface area contributed by atoms with E-state index < -0.39 is 5.24 Å². The molecule has 0 fully saturated rings. The molecule has 0 spiro atoms. The zero-order chi connectivity index (χ0) is 9.68. The quantitative estimate of drug-likeness (QED) is 0.462. The highest BCUT2D eigenvalue weighted by molar-refractivity contribution is 9.08. The molecule has 0 aromatic heterocycles. The number of hydrogen-bond acceptors (Lipinski definition) is 1. The standard InChI is InChI=1S/C10H8BrClO/c11-7-9-4-2-1-3-8(9)5-6-10(12)13/h1-6H,7H2/b6-5+. The molecule has 3 heteroatoms. The summed E-state index contributed by atoms with van der Waals surface area (Å²) in [6, 6.07) is 7.81. The minimum absolute atomic E-state index is 0.454. The molecule has 0 aliphatic heterocycles. The molecule has 1 rings (SSSR count). The molecule has 1 aromatic rings. The molecule has 13 heavy (non-hydrogen) atoms. The number of carbonyl (C=O) groups is 1. The van der Waals surface area contributed by atoms with Gasteiger partial charge in [-0.1, -0.05) is 40.2 Å². The Kier molecular flexibility index (Phi) is 4.19. The summed E-state index contributed by atoms with van der Waals surface area (Å²) >= 11 is 8.55. The van der Waals surface area contributed by atoms with Gasteiger partial charge in [0, 0.05) is 5.33 Å². The summed E-state index contributed by atoms with van der Waals surface area (Å²) in [5.74, 6) is 0. The molecule has 0 saturated carbocycles. The molecular formula is C10H8BrClO. The first-order chi connectivity index (χ1) is 6.24. The third-order valence-corrected chi connectivity index (χ3v) is 2.32. The van der Waals surface area contributed by atoms with Gasteiger partial charge in [0.25, 0.3) is 0 Å². The lowest BCUT2D eigenvalue weighted by Crippen LogP contribution is -1.83. The van der Waals surface area contributed by atoms with Crippen molar-refractivity contribution in [2.75, 3.05) is 0 Å². The smallest absolute Gasteiger partial charge is 0.245 e. The Morgan fingerprint density at radius 2 is 2.15 bits per heavy atom. The van der Waals surface area contributed by atoms with Crippen LogP contribution in [0.5, 0.6) is 0 Å². The van der Waals surface area contributed by atoms with Gasteiger partial charge in [-0.15, -0.1) is 0 Å². The maximum atomic E-state index is 10.5. The van der Waals surface area contributed by atoms with Crippen LogP contribution in [0.25, 0.3) is 6.08 Å². The molecule has 0 saturated heterocycles. The number of hydrogen-bond donors (Lipinski definition) is 0. The van der Waals surface area contributed by atoms with Crippen LogP contribution >= 0.6 is 27.5 Å². The second kappa shape index (κ2) is 5.20. The van der Waals surface area contributed by atoms with Crippen LogP contribution in [0.1, 0.15) is 11.1 Å². The Balaban J connectivity index is 2.93. The van der Waals surface area contributed by atoms with E-state index in [4.69, 9.17) is 11.6 Å². The van der Waals surface area contributed by atoms with Crippen molar-refractivity contribution in [3.05, 3.63) is 41.5 Å². The van der Waals surface area contributed by atoms with Crippen molar-refractivity contribution in [3.63, 3.8) is 0 Å². The van der Waals surface area contributed by atoms with Crippen LogP contribution in [0, 0.1) is 0 Å². The number of alkyl halides is 1. The summed E-state index contributed by atoms with van der Waals surface area (Å²) in [4.78, 5) is 10.5. The molecule has 1 aromatic carbocycles. The van der Waals surface area contributed by atoms with Gasteiger partial charge in [0.2, 0.25) is 5.24 Å². The van der Waals surface area contributed by atoms with E-state index in [-0.39, 0.29) is 0 Å². The average molecular weight is 260 g/mol. The van der Waals surface area contributed by atoms with Crippen molar-refractivity contribution in [2.45, 2.75) is 5.33 Å². The predicted molar refractivity (Wildman–Crippen MR) is 59.0 cm³/mol. The van der Waals surface area contributed by atoms with E-state index in [0.29, 0.717) is 0 Å². The molecule has 0 radical (unpaired) electrons. The van der Waals surface area contributed by atoms with Crippen molar-refractivity contribution in [3.8, 4) is 0 Å². The van der Waals surface area contributed by atoms with Crippen LogP contribution in [0.2, 0.25) is 0 Å². The lowest BCUT2D eigenvalue weighted by Gasteiger charge is -1.99. The van der Waals surface area contributed by atoms with E-state index in [2.05, 4.69) is 15.9 Å². The van der Waals surface area contributed by atoms with Gasteiger partial charge in [0.15, 0.2) is 0 Å². The van der Waals surface area contributed by atoms with Crippen LogP contribution < -0.4 is 0 Å². The fourth-order valence-electron chi connectivity index (χ4n) is 0.974. The Labute approximate surface area is 90.5 Å². The third kappa shape index (κ3) is 3.33. The van der Waals surface area contributed by atoms with Gasteiger partial charge in [-0.3, -0.25) is 4.79 Å². The lowest BCUT2D eigenvalue weighted by atomic mass is 10.1. The van der Waals surface area contributed by atoms with Crippen LogP contribution in [-0.2, 0) is 10.1 Å². The Morgan fingerprint density at radius 3 is 2.77 bits per heavy atom. The Bertz CT molecular complexity index is 333. The minimum atomic E-state index is -0.454. The fourth-order valence-corrected chi connectivity index (χ4v) is 1.55. The summed E-state index contributed by atoms with van der Waals surface area (Å²) in [5.41, 5.74) is 2.14. The number of rotatable bonds is 3. The topological polar surface area (TPSA) is 17.1 Å². The number of carbonyl (C=O) groups excluding carboxylic acids is 1. The van der Waals surface area contributed by atoms with Crippen molar-refractivity contribution >= 4 is 38.8 Å². The molecular weight excluding hydrogens is 251 g/mol. The van der Waals surface area contributed by atoms with E-state index in [1.807, 2.05) is 24.3 Å². The summed E-state index contributed by atoms with van der Waals surface area (Å²) in [5, 5.41) is 0.314. The summed E-state index contributed by atoms with van der Waals surface area (Å²) in [6.07, 6.45) is 3.06. The van der Waals surface area contributed by atoms with E-state index in [1.165, 1.54) is 6.08 Å². The van der Waals surface area contributed by atoms with Gasteiger partial charge in [0.1, 0.15) is 0 Å². The molecule has 0 N–H and O–H groups in total. The fraction of sp³-hybridized carbons (Fsp3) is 0.100. The molecule has 0 heterocycles.